The van der Waals surface area contributed by atoms with Crippen LogP contribution in [0.1, 0.15) is 79.1 Å². The zero-order chi connectivity index (χ0) is 16.8. The van der Waals surface area contributed by atoms with Crippen LogP contribution in [0.3, 0.4) is 0 Å². The van der Waals surface area contributed by atoms with Crippen LogP contribution in [-0.4, -0.2) is 13.1 Å². The van der Waals surface area contributed by atoms with Crippen LogP contribution < -0.4 is 0 Å². The van der Waals surface area contributed by atoms with Crippen LogP contribution in [0.15, 0.2) is 22.3 Å². The van der Waals surface area contributed by atoms with E-state index in [4.69, 9.17) is 4.74 Å². The number of rotatable bonds is 1. The van der Waals surface area contributed by atoms with Gasteiger partial charge in [0, 0.05) is 0 Å². The molecule has 0 aliphatic heterocycles. The van der Waals surface area contributed by atoms with Gasteiger partial charge in [0.1, 0.15) is 0 Å². The summed E-state index contributed by atoms with van der Waals surface area (Å²) < 4.78 is 5.21. The van der Waals surface area contributed by atoms with Gasteiger partial charge in [-0.3, -0.25) is 4.79 Å². The molecule has 3 aliphatic rings. The molecule has 0 saturated heterocycles. The van der Waals surface area contributed by atoms with Gasteiger partial charge in [0.25, 0.3) is 0 Å². The van der Waals surface area contributed by atoms with E-state index in [1.165, 1.54) is 37.7 Å². The zero-order valence-electron chi connectivity index (χ0n) is 15.6. The Balaban J connectivity index is 1.99. The van der Waals surface area contributed by atoms with Gasteiger partial charge < -0.3 is 4.74 Å². The molecule has 2 heteroatoms. The number of allylic oxidation sites excluding steroid dienone is 4. The Kier molecular flexibility index (Phi) is 4.23. The molecule has 0 aromatic carbocycles. The molecule has 3 aliphatic carbocycles. The number of ether oxygens (including phenoxy) is 1. The number of hydrogen-bond acceptors (Lipinski definition) is 2. The third kappa shape index (κ3) is 2.49. The quantitative estimate of drug-likeness (QED) is 0.466. The Labute approximate surface area is 141 Å². The van der Waals surface area contributed by atoms with E-state index in [0.29, 0.717) is 5.92 Å². The van der Waals surface area contributed by atoms with Crippen LogP contribution in [0.5, 0.6) is 0 Å². The summed E-state index contributed by atoms with van der Waals surface area (Å²) >= 11 is 0. The van der Waals surface area contributed by atoms with E-state index in [9.17, 15) is 4.79 Å². The Bertz CT molecular complexity index is 579. The lowest BCUT2D eigenvalue weighted by Crippen LogP contribution is -2.51. The molecular weight excluding hydrogens is 284 g/mol. The fourth-order valence-corrected chi connectivity index (χ4v) is 5.93. The van der Waals surface area contributed by atoms with E-state index < -0.39 is 0 Å². The van der Waals surface area contributed by atoms with Crippen molar-refractivity contribution in [3.8, 4) is 0 Å². The molecule has 1 unspecified atom stereocenters. The van der Waals surface area contributed by atoms with Crippen molar-refractivity contribution < 1.29 is 9.53 Å². The minimum Gasteiger partial charge on any atom is -0.469 e. The third-order valence-corrected chi connectivity index (χ3v) is 7.24. The number of methoxy groups -OCH3 is 1. The average Bonchev–Trinajstić information content (AvgIpc) is 2.53. The summed E-state index contributed by atoms with van der Waals surface area (Å²) in [5.41, 5.74) is 6.47. The van der Waals surface area contributed by atoms with Crippen LogP contribution in [0.4, 0.5) is 0 Å². The van der Waals surface area contributed by atoms with Gasteiger partial charge in [0.15, 0.2) is 0 Å². The second kappa shape index (κ2) is 5.79. The number of hydrogen-bond donors (Lipinski definition) is 0. The zero-order valence-corrected chi connectivity index (χ0v) is 15.6. The molecule has 1 fully saturated rings. The van der Waals surface area contributed by atoms with E-state index in [1.54, 1.807) is 23.8 Å². The summed E-state index contributed by atoms with van der Waals surface area (Å²) in [5, 5.41) is 0. The van der Waals surface area contributed by atoms with Crippen molar-refractivity contribution in [1.29, 1.82) is 0 Å². The van der Waals surface area contributed by atoms with Crippen LogP contribution in [0.25, 0.3) is 0 Å². The first-order valence-corrected chi connectivity index (χ1v) is 9.28. The van der Waals surface area contributed by atoms with E-state index in [2.05, 4.69) is 27.7 Å². The van der Waals surface area contributed by atoms with Crippen molar-refractivity contribution in [2.24, 2.45) is 16.7 Å². The molecule has 0 amide bonds. The fourth-order valence-electron chi connectivity index (χ4n) is 5.93. The van der Waals surface area contributed by atoms with E-state index >= 15 is 0 Å². The highest BCUT2D eigenvalue weighted by Crippen LogP contribution is 2.62. The van der Waals surface area contributed by atoms with Crippen molar-refractivity contribution in [2.75, 3.05) is 7.11 Å². The molecule has 0 N–H and O–H groups in total. The van der Waals surface area contributed by atoms with Gasteiger partial charge in [-0.15, -0.1) is 0 Å². The van der Waals surface area contributed by atoms with Crippen LogP contribution in [0, 0.1) is 16.7 Å². The molecule has 0 radical (unpaired) electrons. The summed E-state index contributed by atoms with van der Waals surface area (Å²) in [6, 6.07) is 0. The number of carbonyl (C=O) groups is 1. The maximum Gasteiger partial charge on any atom is 0.311 e. The maximum absolute atomic E-state index is 12.5. The second-order valence-electron chi connectivity index (χ2n) is 8.63. The van der Waals surface area contributed by atoms with Gasteiger partial charge >= 0.3 is 5.97 Å². The highest BCUT2D eigenvalue weighted by atomic mass is 16.5. The summed E-state index contributed by atoms with van der Waals surface area (Å²) in [6.07, 6.45) is 9.32. The summed E-state index contributed by atoms with van der Waals surface area (Å²) in [6.45, 7) is 9.11. The molecule has 0 aromatic heterocycles. The SMILES string of the molecule is COC(=O)[C@]1(C)CCC[C@]2(C)C3=C(CCC12)CC(=C(C)C)CC3. The van der Waals surface area contributed by atoms with E-state index in [0.717, 1.165) is 19.3 Å². The van der Waals surface area contributed by atoms with Gasteiger partial charge in [-0.25, -0.2) is 0 Å². The van der Waals surface area contributed by atoms with Gasteiger partial charge in [-0.2, -0.15) is 0 Å². The molecule has 0 bridgehead atoms. The van der Waals surface area contributed by atoms with Crippen LogP contribution >= 0.6 is 0 Å². The third-order valence-electron chi connectivity index (χ3n) is 7.24. The Hall–Kier alpha value is -1.05. The monoisotopic (exact) mass is 316 g/mol. The number of fused-ring (bicyclic) bond motifs is 2. The van der Waals surface area contributed by atoms with Crippen molar-refractivity contribution in [2.45, 2.75) is 79.1 Å². The number of carbonyl (C=O) groups excluding carboxylic acids is 1. The molecule has 0 heterocycles. The molecule has 2 nitrogen and oxygen atoms in total. The van der Waals surface area contributed by atoms with Crippen molar-refractivity contribution >= 4 is 5.97 Å². The lowest BCUT2D eigenvalue weighted by Gasteiger charge is -2.55. The van der Waals surface area contributed by atoms with Gasteiger partial charge in [-0.05, 0) is 77.0 Å². The Morgan fingerprint density at radius 2 is 1.87 bits per heavy atom. The first-order chi connectivity index (χ1) is 10.8. The second-order valence-corrected chi connectivity index (χ2v) is 8.63. The van der Waals surface area contributed by atoms with Gasteiger partial charge in [0.2, 0.25) is 0 Å². The Morgan fingerprint density at radius 3 is 2.52 bits per heavy atom. The first-order valence-electron chi connectivity index (χ1n) is 9.28. The molecule has 23 heavy (non-hydrogen) atoms. The van der Waals surface area contributed by atoms with Crippen molar-refractivity contribution in [3.63, 3.8) is 0 Å². The molecule has 3 atom stereocenters. The topological polar surface area (TPSA) is 26.3 Å². The van der Waals surface area contributed by atoms with E-state index in [-0.39, 0.29) is 16.8 Å². The van der Waals surface area contributed by atoms with Crippen molar-refractivity contribution in [1.82, 2.24) is 0 Å². The highest BCUT2D eigenvalue weighted by molar-refractivity contribution is 5.77. The molecule has 0 spiro atoms. The maximum atomic E-state index is 12.5. The molecule has 128 valence electrons. The minimum atomic E-state index is -0.295. The number of esters is 1. The van der Waals surface area contributed by atoms with Gasteiger partial charge in [-0.1, -0.05) is 35.6 Å². The van der Waals surface area contributed by atoms with Crippen molar-refractivity contribution in [3.05, 3.63) is 22.3 Å². The molecular formula is C21H32O2. The molecule has 0 aromatic rings. The minimum absolute atomic E-state index is 0.0123. The van der Waals surface area contributed by atoms with E-state index in [1.807, 2.05) is 0 Å². The van der Waals surface area contributed by atoms with Crippen LogP contribution in [0.2, 0.25) is 0 Å². The fraction of sp³-hybridized carbons (Fsp3) is 0.762. The summed E-state index contributed by atoms with van der Waals surface area (Å²) in [7, 11) is 1.55. The lowest BCUT2D eigenvalue weighted by molar-refractivity contribution is -0.163. The smallest absolute Gasteiger partial charge is 0.311 e. The average molecular weight is 316 g/mol. The predicted octanol–water partition coefficient (Wildman–Crippen LogP) is 5.58. The Morgan fingerprint density at radius 1 is 1.13 bits per heavy atom. The summed E-state index contributed by atoms with van der Waals surface area (Å²) in [4.78, 5) is 12.5. The lowest BCUT2D eigenvalue weighted by atomic mass is 9.48. The first kappa shape index (κ1) is 16.8. The van der Waals surface area contributed by atoms with Crippen LogP contribution in [-0.2, 0) is 9.53 Å². The molecule has 3 rings (SSSR count). The largest absolute Gasteiger partial charge is 0.469 e. The van der Waals surface area contributed by atoms with Gasteiger partial charge in [0.05, 0.1) is 12.5 Å². The molecule has 1 saturated carbocycles. The normalized spacial score (nSPS) is 37.1. The highest BCUT2D eigenvalue weighted by Gasteiger charge is 2.56. The standard InChI is InChI=1S/C21H32O2/c1-14(2)15-7-9-17-16(13-15)8-10-18-20(17,3)11-6-12-21(18,4)19(22)23-5/h18H,6-13H2,1-5H3/t18?,20-,21-/m1/s1. The predicted molar refractivity (Wildman–Crippen MR) is 94.1 cm³/mol. The summed E-state index contributed by atoms with van der Waals surface area (Å²) in [5.74, 6) is 0.460.